The van der Waals surface area contributed by atoms with Gasteiger partial charge in [-0.2, -0.15) is 0 Å². The maximum atomic E-state index is 5.95. The maximum Gasteiger partial charge on any atom is 0.0314 e. The second-order valence-electron chi connectivity index (χ2n) is 6.47. The Kier molecular flexibility index (Phi) is 4.84. The van der Waals surface area contributed by atoms with Gasteiger partial charge < -0.3 is 5.73 Å². The van der Waals surface area contributed by atoms with Crippen molar-refractivity contribution in [3.63, 3.8) is 0 Å². The van der Waals surface area contributed by atoms with Crippen LogP contribution in [0.4, 0.5) is 5.69 Å². The highest BCUT2D eigenvalue weighted by Crippen LogP contribution is 2.36. The maximum absolute atomic E-state index is 5.95. The van der Waals surface area contributed by atoms with Crippen molar-refractivity contribution in [3.05, 3.63) is 138 Å². The Hall–Kier alpha value is -3.58. The van der Waals surface area contributed by atoms with Gasteiger partial charge in [0.05, 0.1) is 0 Å². The molecule has 0 atom stereocenters. The molecule has 0 saturated heterocycles. The van der Waals surface area contributed by atoms with Crippen molar-refractivity contribution in [1.82, 2.24) is 0 Å². The van der Waals surface area contributed by atoms with Gasteiger partial charge in [-0.15, -0.1) is 0 Å². The van der Waals surface area contributed by atoms with Crippen LogP contribution in [0.15, 0.2) is 115 Å². The lowest BCUT2D eigenvalue weighted by Gasteiger charge is -2.18. The summed E-state index contributed by atoms with van der Waals surface area (Å²) < 4.78 is 0. The Labute approximate surface area is 160 Å². The van der Waals surface area contributed by atoms with E-state index in [1.165, 1.54) is 27.8 Å². The summed E-state index contributed by atoms with van der Waals surface area (Å²) in [5.41, 5.74) is 13.9. The molecule has 1 nitrogen and oxygen atoms in total. The summed E-state index contributed by atoms with van der Waals surface area (Å²) >= 11 is 0. The van der Waals surface area contributed by atoms with Crippen LogP contribution < -0.4 is 5.73 Å². The zero-order chi connectivity index (χ0) is 18.5. The van der Waals surface area contributed by atoms with Gasteiger partial charge in [-0.3, -0.25) is 0 Å². The van der Waals surface area contributed by atoms with Gasteiger partial charge in [0, 0.05) is 5.69 Å². The zero-order valence-corrected chi connectivity index (χ0v) is 15.0. The van der Waals surface area contributed by atoms with Crippen LogP contribution in [0.25, 0.3) is 11.1 Å². The van der Waals surface area contributed by atoms with E-state index in [4.69, 9.17) is 5.73 Å². The number of nitrogens with two attached hydrogens (primary N) is 1. The highest BCUT2D eigenvalue weighted by molar-refractivity contribution is 6.04. The van der Waals surface area contributed by atoms with Crippen LogP contribution in [0, 0.1) is 0 Å². The van der Waals surface area contributed by atoms with Crippen LogP contribution in [0.1, 0.15) is 22.3 Å². The van der Waals surface area contributed by atoms with Gasteiger partial charge in [-0.25, -0.2) is 0 Å². The number of nitrogen functional groups attached to an aromatic ring is 1. The van der Waals surface area contributed by atoms with E-state index in [0.29, 0.717) is 0 Å². The van der Waals surface area contributed by atoms with Crippen LogP contribution in [0.3, 0.4) is 0 Å². The predicted molar refractivity (Wildman–Crippen MR) is 115 cm³/mol. The molecule has 0 aliphatic heterocycles. The van der Waals surface area contributed by atoms with Gasteiger partial charge in [0.25, 0.3) is 0 Å². The number of hydrogen-bond donors (Lipinski definition) is 1. The molecule has 27 heavy (non-hydrogen) atoms. The Morgan fingerprint density at radius 2 is 0.667 bits per heavy atom. The molecular weight excluding hydrogens is 326 g/mol. The van der Waals surface area contributed by atoms with Crippen LogP contribution in [-0.2, 0) is 0 Å². The average Bonchev–Trinajstić information content (AvgIpc) is 2.75. The molecule has 0 spiro atoms. The average molecular weight is 347 g/mol. The van der Waals surface area contributed by atoms with Crippen LogP contribution in [0.5, 0.6) is 0 Å². The van der Waals surface area contributed by atoms with E-state index in [-0.39, 0.29) is 0 Å². The number of rotatable bonds is 4. The fourth-order valence-electron chi connectivity index (χ4n) is 3.37. The molecule has 0 heterocycles. The molecule has 130 valence electrons. The van der Waals surface area contributed by atoms with Gasteiger partial charge in [0.15, 0.2) is 0 Å². The number of benzene rings is 4. The lowest BCUT2D eigenvalue weighted by molar-refractivity contribution is 1.50. The third-order valence-corrected chi connectivity index (χ3v) is 4.64. The quantitative estimate of drug-likeness (QED) is 0.341. The third kappa shape index (κ3) is 3.68. The number of hydrogen-bond acceptors (Lipinski definition) is 1. The molecule has 1 heteroatoms. The van der Waals surface area contributed by atoms with Crippen molar-refractivity contribution < 1.29 is 0 Å². The molecule has 0 amide bonds. The van der Waals surface area contributed by atoms with Gasteiger partial charge in [0.2, 0.25) is 0 Å². The molecule has 0 saturated carbocycles. The topological polar surface area (TPSA) is 26.0 Å². The number of anilines is 1. The van der Waals surface area contributed by atoms with Crippen molar-refractivity contribution in [3.8, 4) is 0 Å². The highest BCUT2D eigenvalue weighted by Gasteiger charge is 2.15. The lowest BCUT2D eigenvalue weighted by atomic mass is 9.86. The summed E-state index contributed by atoms with van der Waals surface area (Å²) in [6, 6.07) is 39.8. The second-order valence-corrected chi connectivity index (χ2v) is 6.47. The fraction of sp³-hybridized carbons (Fsp3) is 0. The van der Waals surface area contributed by atoms with E-state index in [1.54, 1.807) is 0 Å². The monoisotopic (exact) mass is 347 g/mol. The van der Waals surface area contributed by atoms with E-state index in [0.717, 1.165) is 11.3 Å². The molecule has 4 rings (SSSR count). The Bertz CT molecular complexity index is 990. The third-order valence-electron chi connectivity index (χ3n) is 4.64. The van der Waals surface area contributed by atoms with Gasteiger partial charge >= 0.3 is 0 Å². The first-order valence-electron chi connectivity index (χ1n) is 9.09. The van der Waals surface area contributed by atoms with Crippen molar-refractivity contribution in [2.24, 2.45) is 0 Å². The molecule has 2 N–H and O–H groups in total. The molecule has 0 aliphatic carbocycles. The first-order valence-corrected chi connectivity index (χ1v) is 9.09. The minimum Gasteiger partial charge on any atom is -0.399 e. The van der Waals surface area contributed by atoms with Crippen molar-refractivity contribution in [2.75, 3.05) is 5.73 Å². The summed E-state index contributed by atoms with van der Waals surface area (Å²) in [5.74, 6) is 0. The zero-order valence-electron chi connectivity index (χ0n) is 15.0. The molecule has 4 aromatic rings. The fourth-order valence-corrected chi connectivity index (χ4v) is 3.37. The SMILES string of the molecule is Nc1ccc(C(=C(c2ccccc2)c2ccccc2)c2ccccc2)cc1. The normalized spacial score (nSPS) is 10.4. The van der Waals surface area contributed by atoms with Crippen LogP contribution in [-0.4, -0.2) is 0 Å². The Morgan fingerprint density at radius 1 is 0.370 bits per heavy atom. The predicted octanol–water partition coefficient (Wildman–Crippen LogP) is 6.28. The van der Waals surface area contributed by atoms with E-state index in [2.05, 4.69) is 103 Å². The van der Waals surface area contributed by atoms with E-state index >= 15 is 0 Å². The smallest absolute Gasteiger partial charge is 0.0314 e. The molecule has 0 unspecified atom stereocenters. The standard InChI is InChI=1S/C26H21N/c27-24-18-16-23(17-19-24)26(22-14-8-3-9-15-22)25(20-10-4-1-5-11-20)21-12-6-2-7-13-21/h1-19H,27H2. The van der Waals surface area contributed by atoms with Crippen LogP contribution in [0.2, 0.25) is 0 Å². The highest BCUT2D eigenvalue weighted by atomic mass is 14.5. The molecule has 0 fully saturated rings. The first kappa shape index (κ1) is 16.9. The molecule has 4 aromatic carbocycles. The summed E-state index contributed by atoms with van der Waals surface area (Å²) in [6.45, 7) is 0. The second kappa shape index (κ2) is 7.76. The molecular formula is C26H21N. The largest absolute Gasteiger partial charge is 0.399 e. The summed E-state index contributed by atoms with van der Waals surface area (Å²) in [5, 5.41) is 0. The van der Waals surface area contributed by atoms with Gasteiger partial charge in [-0.1, -0.05) is 103 Å². The summed E-state index contributed by atoms with van der Waals surface area (Å²) in [7, 11) is 0. The first-order chi connectivity index (χ1) is 13.3. The lowest BCUT2D eigenvalue weighted by Crippen LogP contribution is -1.97. The summed E-state index contributed by atoms with van der Waals surface area (Å²) in [4.78, 5) is 0. The molecule has 0 aromatic heterocycles. The van der Waals surface area contributed by atoms with Crippen molar-refractivity contribution >= 4 is 16.8 Å². The Morgan fingerprint density at radius 3 is 1.00 bits per heavy atom. The van der Waals surface area contributed by atoms with Gasteiger partial charge in [-0.05, 0) is 45.5 Å². The van der Waals surface area contributed by atoms with Crippen molar-refractivity contribution in [1.29, 1.82) is 0 Å². The Balaban J connectivity index is 2.08. The van der Waals surface area contributed by atoms with Crippen molar-refractivity contribution in [2.45, 2.75) is 0 Å². The molecule has 0 bridgehead atoms. The van der Waals surface area contributed by atoms with E-state index < -0.39 is 0 Å². The minimum atomic E-state index is 0.770. The molecule has 0 radical (unpaired) electrons. The van der Waals surface area contributed by atoms with E-state index in [1.807, 2.05) is 12.1 Å². The summed E-state index contributed by atoms with van der Waals surface area (Å²) in [6.07, 6.45) is 0. The minimum absolute atomic E-state index is 0.770. The van der Waals surface area contributed by atoms with Crippen LogP contribution >= 0.6 is 0 Å². The molecule has 0 aliphatic rings. The van der Waals surface area contributed by atoms with E-state index in [9.17, 15) is 0 Å². The van der Waals surface area contributed by atoms with Gasteiger partial charge in [0.1, 0.15) is 0 Å².